The Kier molecular flexibility index (Phi) is 7.18. The Hall–Kier alpha value is -3.31. The lowest BCUT2D eigenvalue weighted by Gasteiger charge is -2.25. The van der Waals surface area contributed by atoms with Crippen molar-refractivity contribution >= 4 is 17.6 Å². The van der Waals surface area contributed by atoms with Crippen LogP contribution in [0.3, 0.4) is 0 Å². The number of rotatable bonds is 7. The van der Waals surface area contributed by atoms with Crippen molar-refractivity contribution in [2.24, 2.45) is 5.11 Å². The van der Waals surface area contributed by atoms with Gasteiger partial charge >= 0.3 is 5.97 Å². The number of benzene rings is 2. The summed E-state index contributed by atoms with van der Waals surface area (Å²) in [6, 6.07) is 16.1. The summed E-state index contributed by atoms with van der Waals surface area (Å²) in [6.45, 7) is 5.50. The third-order valence-electron chi connectivity index (χ3n) is 3.82. The van der Waals surface area contributed by atoms with Gasteiger partial charge in [-0.05, 0) is 38.3 Å². The molecule has 1 N–H and O–H groups in total. The zero-order valence-corrected chi connectivity index (χ0v) is 16.3. The van der Waals surface area contributed by atoms with E-state index in [4.69, 9.17) is 10.3 Å². The van der Waals surface area contributed by atoms with Gasteiger partial charge in [0.2, 0.25) is 6.10 Å². The van der Waals surface area contributed by atoms with E-state index in [1.54, 1.807) is 24.3 Å². The SMILES string of the molecule is CC(C)(C)NC(=O)C(OC(=O)CCc1ccccc1)c1ccccc1N=[N+]=[N-]. The van der Waals surface area contributed by atoms with E-state index in [0.717, 1.165) is 5.56 Å². The maximum Gasteiger partial charge on any atom is 0.307 e. The number of carbonyl (C=O) groups is 2. The van der Waals surface area contributed by atoms with Gasteiger partial charge in [-0.25, -0.2) is 0 Å². The lowest BCUT2D eigenvalue weighted by Crippen LogP contribution is -2.44. The first-order valence-electron chi connectivity index (χ1n) is 8.99. The molecule has 0 aliphatic rings. The van der Waals surface area contributed by atoms with Crippen LogP contribution in [-0.2, 0) is 20.7 Å². The quantitative estimate of drug-likeness (QED) is 0.324. The fourth-order valence-corrected chi connectivity index (χ4v) is 2.62. The first-order valence-corrected chi connectivity index (χ1v) is 8.99. The van der Waals surface area contributed by atoms with Crippen LogP contribution in [0, 0.1) is 0 Å². The van der Waals surface area contributed by atoms with Crippen molar-refractivity contribution in [2.45, 2.75) is 45.3 Å². The molecule has 7 heteroatoms. The van der Waals surface area contributed by atoms with Gasteiger partial charge in [0.15, 0.2) is 0 Å². The maximum atomic E-state index is 12.8. The van der Waals surface area contributed by atoms with E-state index < -0.39 is 23.5 Å². The Morgan fingerprint density at radius 2 is 1.75 bits per heavy atom. The monoisotopic (exact) mass is 380 g/mol. The van der Waals surface area contributed by atoms with Crippen molar-refractivity contribution in [3.63, 3.8) is 0 Å². The molecule has 0 saturated heterocycles. The molecule has 0 spiro atoms. The van der Waals surface area contributed by atoms with E-state index in [0.29, 0.717) is 12.0 Å². The predicted molar refractivity (Wildman–Crippen MR) is 107 cm³/mol. The minimum Gasteiger partial charge on any atom is -0.447 e. The molecule has 2 aromatic rings. The highest BCUT2D eigenvalue weighted by molar-refractivity contribution is 5.87. The van der Waals surface area contributed by atoms with E-state index in [1.165, 1.54) is 0 Å². The molecule has 0 radical (unpaired) electrons. The van der Waals surface area contributed by atoms with Gasteiger partial charge in [0.05, 0.1) is 0 Å². The molecule has 1 unspecified atom stereocenters. The first kappa shape index (κ1) is 21.0. The van der Waals surface area contributed by atoms with Gasteiger partial charge in [0, 0.05) is 28.1 Å². The average molecular weight is 380 g/mol. The summed E-state index contributed by atoms with van der Waals surface area (Å²) in [6.07, 6.45) is -0.567. The second-order valence-corrected chi connectivity index (χ2v) is 7.34. The van der Waals surface area contributed by atoms with Gasteiger partial charge in [-0.15, -0.1) is 0 Å². The predicted octanol–water partition coefficient (Wildman–Crippen LogP) is 4.76. The van der Waals surface area contributed by atoms with E-state index in [2.05, 4.69) is 15.3 Å². The van der Waals surface area contributed by atoms with Crippen LogP contribution in [0.4, 0.5) is 5.69 Å². The summed E-state index contributed by atoms with van der Waals surface area (Å²) < 4.78 is 5.52. The summed E-state index contributed by atoms with van der Waals surface area (Å²) in [5.41, 5.74) is 9.87. The molecule has 0 aliphatic heterocycles. The fourth-order valence-electron chi connectivity index (χ4n) is 2.62. The molecule has 1 amide bonds. The summed E-state index contributed by atoms with van der Waals surface area (Å²) in [5.74, 6) is -0.977. The molecule has 0 fully saturated rings. The number of ether oxygens (including phenoxy) is 1. The van der Waals surface area contributed by atoms with Crippen LogP contribution in [-0.4, -0.2) is 17.4 Å². The number of hydrogen-bond acceptors (Lipinski definition) is 4. The van der Waals surface area contributed by atoms with Crippen LogP contribution < -0.4 is 5.32 Å². The third kappa shape index (κ3) is 6.45. The Morgan fingerprint density at radius 1 is 1.11 bits per heavy atom. The number of carbonyl (C=O) groups excluding carboxylic acids is 2. The largest absolute Gasteiger partial charge is 0.447 e. The van der Waals surface area contributed by atoms with Crippen LogP contribution in [0.25, 0.3) is 10.4 Å². The summed E-state index contributed by atoms with van der Waals surface area (Å²) in [7, 11) is 0. The van der Waals surface area contributed by atoms with Gasteiger partial charge in [-0.1, -0.05) is 59.7 Å². The van der Waals surface area contributed by atoms with Crippen molar-refractivity contribution in [3.05, 3.63) is 76.2 Å². The number of amides is 1. The number of esters is 1. The fraction of sp³-hybridized carbons (Fsp3) is 0.333. The van der Waals surface area contributed by atoms with Crippen LogP contribution in [0.2, 0.25) is 0 Å². The summed E-state index contributed by atoms with van der Waals surface area (Å²) in [4.78, 5) is 28.0. The van der Waals surface area contributed by atoms with E-state index >= 15 is 0 Å². The molecular formula is C21H24N4O3. The molecule has 2 aromatic carbocycles. The van der Waals surface area contributed by atoms with Crippen molar-refractivity contribution in [3.8, 4) is 0 Å². The Morgan fingerprint density at radius 3 is 2.39 bits per heavy atom. The molecule has 28 heavy (non-hydrogen) atoms. The molecule has 0 aromatic heterocycles. The third-order valence-corrected chi connectivity index (χ3v) is 3.82. The maximum absolute atomic E-state index is 12.8. The molecule has 146 valence electrons. The van der Waals surface area contributed by atoms with Crippen molar-refractivity contribution in [1.29, 1.82) is 0 Å². The average Bonchev–Trinajstić information content (AvgIpc) is 2.65. The second kappa shape index (κ2) is 9.58. The molecule has 0 bridgehead atoms. The standard InChI is InChI=1S/C21H24N4O3/c1-21(2,3)23-20(27)19(16-11-7-8-12-17(16)24-25-22)28-18(26)14-13-15-9-5-4-6-10-15/h4-12,19H,13-14H2,1-3H3,(H,23,27). The number of nitrogens with one attached hydrogen (secondary N) is 1. The van der Waals surface area contributed by atoms with Crippen molar-refractivity contribution < 1.29 is 14.3 Å². The molecule has 0 aliphatic carbocycles. The number of aryl methyl sites for hydroxylation is 1. The van der Waals surface area contributed by atoms with Gasteiger partial charge in [0.25, 0.3) is 5.91 Å². The van der Waals surface area contributed by atoms with Crippen LogP contribution in [0.5, 0.6) is 0 Å². The first-order chi connectivity index (χ1) is 13.3. The highest BCUT2D eigenvalue weighted by atomic mass is 16.5. The van der Waals surface area contributed by atoms with Gasteiger partial charge < -0.3 is 10.1 Å². The Balaban J connectivity index is 2.22. The normalized spacial score (nSPS) is 11.8. The smallest absolute Gasteiger partial charge is 0.307 e. The van der Waals surface area contributed by atoms with Crippen molar-refractivity contribution in [2.75, 3.05) is 0 Å². The summed E-state index contributed by atoms with van der Waals surface area (Å²) >= 11 is 0. The molecule has 0 saturated carbocycles. The molecule has 1 atom stereocenters. The van der Waals surface area contributed by atoms with E-state index in [1.807, 2.05) is 51.1 Å². The minimum atomic E-state index is -1.20. The van der Waals surface area contributed by atoms with E-state index in [9.17, 15) is 9.59 Å². The highest BCUT2D eigenvalue weighted by Gasteiger charge is 2.29. The molecule has 7 nitrogen and oxygen atoms in total. The Bertz CT molecular complexity index is 869. The topological polar surface area (TPSA) is 104 Å². The Labute approximate surface area is 164 Å². The lowest BCUT2D eigenvalue weighted by molar-refractivity contribution is -0.157. The zero-order valence-electron chi connectivity index (χ0n) is 16.3. The zero-order chi connectivity index (χ0) is 20.6. The van der Waals surface area contributed by atoms with Crippen LogP contribution >= 0.6 is 0 Å². The minimum absolute atomic E-state index is 0.132. The number of azide groups is 1. The van der Waals surface area contributed by atoms with Gasteiger partial charge in [0.1, 0.15) is 0 Å². The van der Waals surface area contributed by atoms with Gasteiger partial charge in [-0.2, -0.15) is 0 Å². The molecule has 2 rings (SSSR count). The number of nitrogens with zero attached hydrogens (tertiary/aromatic N) is 3. The van der Waals surface area contributed by atoms with Crippen LogP contribution in [0.1, 0.15) is 44.4 Å². The highest BCUT2D eigenvalue weighted by Crippen LogP contribution is 2.29. The molecular weight excluding hydrogens is 356 g/mol. The van der Waals surface area contributed by atoms with Crippen molar-refractivity contribution in [1.82, 2.24) is 5.32 Å². The van der Waals surface area contributed by atoms with E-state index in [-0.39, 0.29) is 12.1 Å². The van der Waals surface area contributed by atoms with Gasteiger partial charge in [-0.3, -0.25) is 9.59 Å². The molecule has 0 heterocycles. The lowest BCUT2D eigenvalue weighted by atomic mass is 10.0. The summed E-state index contributed by atoms with van der Waals surface area (Å²) in [5, 5.41) is 6.43. The number of hydrogen-bond donors (Lipinski definition) is 1. The van der Waals surface area contributed by atoms with Crippen LogP contribution in [0.15, 0.2) is 59.7 Å². The second-order valence-electron chi connectivity index (χ2n) is 7.34.